The van der Waals surface area contributed by atoms with Crippen molar-refractivity contribution in [3.05, 3.63) is 54.0 Å². The number of carbonyl (C=O) groups is 2. The first-order chi connectivity index (χ1) is 15.9. The summed E-state index contributed by atoms with van der Waals surface area (Å²) in [6.07, 6.45) is -1.72. The molecule has 1 aromatic carbocycles. The molecule has 10 heteroatoms. The molecular weight excluding hydrogens is 434 g/mol. The first-order valence-corrected chi connectivity index (χ1v) is 10.8. The van der Waals surface area contributed by atoms with Crippen LogP contribution in [0.1, 0.15) is 31.5 Å². The standard InChI is InChI=1S/C23H27NO9/c1-3-14-6-4-7-15(10-14)31-23-19(24-13(2)25)21(29-12-18(26)27)20-17(32-23)11-30-22(33-20)16-8-5-9-28-16/h4-10,17,19-23H,3,11-12H2,1-2H3,(H,24,25)(H,26,27). The highest BCUT2D eigenvalue weighted by Crippen LogP contribution is 2.36. The van der Waals surface area contributed by atoms with Gasteiger partial charge in [-0.1, -0.05) is 19.1 Å². The van der Waals surface area contributed by atoms with Crippen LogP contribution < -0.4 is 10.1 Å². The summed E-state index contributed by atoms with van der Waals surface area (Å²) in [7, 11) is 0. The van der Waals surface area contributed by atoms with Crippen LogP contribution in [0.2, 0.25) is 0 Å². The van der Waals surface area contributed by atoms with E-state index in [0.717, 1.165) is 12.0 Å². The number of fused-ring (bicyclic) bond motifs is 1. The quantitative estimate of drug-likeness (QED) is 0.607. The van der Waals surface area contributed by atoms with Crippen LogP contribution in [0.5, 0.6) is 5.75 Å². The van der Waals surface area contributed by atoms with Crippen molar-refractivity contribution in [3.63, 3.8) is 0 Å². The lowest BCUT2D eigenvalue weighted by Crippen LogP contribution is -2.68. The van der Waals surface area contributed by atoms with E-state index in [1.165, 1.54) is 13.2 Å². The van der Waals surface area contributed by atoms with E-state index in [-0.39, 0.29) is 12.5 Å². The molecule has 3 heterocycles. The third kappa shape index (κ3) is 5.53. The van der Waals surface area contributed by atoms with E-state index in [1.807, 2.05) is 25.1 Å². The van der Waals surface area contributed by atoms with Crippen molar-refractivity contribution >= 4 is 11.9 Å². The molecule has 2 saturated heterocycles. The van der Waals surface area contributed by atoms with Crippen molar-refractivity contribution in [1.82, 2.24) is 5.32 Å². The molecule has 2 N–H and O–H groups in total. The number of furan rings is 1. The van der Waals surface area contributed by atoms with Gasteiger partial charge in [0.2, 0.25) is 18.5 Å². The fraction of sp³-hybridized carbons (Fsp3) is 0.478. The minimum Gasteiger partial charge on any atom is -0.480 e. The minimum absolute atomic E-state index is 0.130. The molecule has 4 rings (SSSR count). The van der Waals surface area contributed by atoms with Crippen molar-refractivity contribution in [2.45, 2.75) is 57.2 Å². The zero-order valence-electron chi connectivity index (χ0n) is 18.3. The topological polar surface area (TPSA) is 126 Å². The van der Waals surface area contributed by atoms with E-state index in [1.54, 1.807) is 18.2 Å². The number of benzene rings is 1. The van der Waals surface area contributed by atoms with E-state index < -0.39 is 49.5 Å². The van der Waals surface area contributed by atoms with Gasteiger partial charge in [0, 0.05) is 6.92 Å². The smallest absolute Gasteiger partial charge is 0.329 e. The Morgan fingerprint density at radius 2 is 2.06 bits per heavy atom. The lowest BCUT2D eigenvalue weighted by Gasteiger charge is -2.48. The van der Waals surface area contributed by atoms with Gasteiger partial charge < -0.3 is 38.5 Å². The molecule has 0 aliphatic carbocycles. The number of carboxylic acid groups (broad SMARTS) is 1. The second-order valence-electron chi connectivity index (χ2n) is 7.84. The number of carbonyl (C=O) groups excluding carboxylic acids is 1. The summed E-state index contributed by atoms with van der Waals surface area (Å²) >= 11 is 0. The second kappa shape index (κ2) is 10.3. The molecule has 0 radical (unpaired) electrons. The van der Waals surface area contributed by atoms with Crippen LogP contribution in [0.25, 0.3) is 0 Å². The fourth-order valence-electron chi connectivity index (χ4n) is 3.97. The van der Waals surface area contributed by atoms with Crippen LogP contribution >= 0.6 is 0 Å². The Morgan fingerprint density at radius 3 is 2.76 bits per heavy atom. The highest BCUT2D eigenvalue weighted by molar-refractivity contribution is 5.73. The Morgan fingerprint density at radius 1 is 1.21 bits per heavy atom. The van der Waals surface area contributed by atoms with E-state index in [2.05, 4.69) is 5.32 Å². The van der Waals surface area contributed by atoms with Gasteiger partial charge >= 0.3 is 5.97 Å². The molecule has 2 aliphatic rings. The number of hydrogen-bond donors (Lipinski definition) is 2. The fourth-order valence-corrected chi connectivity index (χ4v) is 3.97. The van der Waals surface area contributed by atoms with Crippen molar-refractivity contribution in [1.29, 1.82) is 0 Å². The molecule has 6 atom stereocenters. The summed E-state index contributed by atoms with van der Waals surface area (Å²) in [6.45, 7) is 2.93. The van der Waals surface area contributed by atoms with Gasteiger partial charge in [-0.25, -0.2) is 4.79 Å². The minimum atomic E-state index is -1.15. The number of rotatable bonds is 8. The van der Waals surface area contributed by atoms with Crippen molar-refractivity contribution in [2.24, 2.45) is 0 Å². The van der Waals surface area contributed by atoms with Crippen LogP contribution in [0, 0.1) is 0 Å². The van der Waals surface area contributed by atoms with E-state index in [9.17, 15) is 14.7 Å². The summed E-state index contributed by atoms with van der Waals surface area (Å²) in [5.74, 6) is -0.494. The average molecular weight is 461 g/mol. The first-order valence-electron chi connectivity index (χ1n) is 10.8. The number of hydrogen-bond acceptors (Lipinski definition) is 8. The SMILES string of the molecule is CCc1cccc(OC2OC3COC(c4ccco4)OC3C(OCC(=O)O)C2NC(C)=O)c1. The number of amides is 1. The summed E-state index contributed by atoms with van der Waals surface area (Å²) in [4.78, 5) is 23.3. The number of ether oxygens (including phenoxy) is 5. The molecule has 6 unspecified atom stereocenters. The Labute approximate surface area is 190 Å². The van der Waals surface area contributed by atoms with Crippen molar-refractivity contribution < 1.29 is 42.8 Å². The molecule has 2 aliphatic heterocycles. The Kier molecular flexibility index (Phi) is 7.29. The van der Waals surface area contributed by atoms with Crippen LogP contribution in [-0.4, -0.2) is 60.8 Å². The van der Waals surface area contributed by atoms with Crippen LogP contribution in [0.15, 0.2) is 47.1 Å². The predicted molar refractivity (Wildman–Crippen MR) is 112 cm³/mol. The van der Waals surface area contributed by atoms with Crippen molar-refractivity contribution in [3.8, 4) is 5.75 Å². The Bertz CT molecular complexity index is 947. The largest absolute Gasteiger partial charge is 0.480 e. The van der Waals surface area contributed by atoms with Gasteiger partial charge in [-0.2, -0.15) is 0 Å². The number of aryl methyl sites for hydroxylation is 1. The molecule has 0 bridgehead atoms. The molecule has 0 spiro atoms. The maximum atomic E-state index is 12.0. The van der Waals surface area contributed by atoms with Gasteiger partial charge in [-0.05, 0) is 36.2 Å². The van der Waals surface area contributed by atoms with Crippen molar-refractivity contribution in [2.75, 3.05) is 13.2 Å². The lowest BCUT2D eigenvalue weighted by atomic mass is 9.95. The molecule has 2 fully saturated rings. The maximum Gasteiger partial charge on any atom is 0.329 e. The molecule has 33 heavy (non-hydrogen) atoms. The van der Waals surface area contributed by atoms with Gasteiger partial charge in [-0.3, -0.25) is 4.79 Å². The molecule has 178 valence electrons. The molecule has 1 amide bonds. The van der Waals surface area contributed by atoms with E-state index in [4.69, 9.17) is 28.1 Å². The number of aliphatic carboxylic acids is 1. The van der Waals surface area contributed by atoms with Crippen LogP contribution in [-0.2, 0) is 35.0 Å². The first kappa shape index (κ1) is 23.2. The van der Waals surface area contributed by atoms with Crippen LogP contribution in [0.3, 0.4) is 0 Å². The average Bonchev–Trinajstić information content (AvgIpc) is 3.33. The highest BCUT2D eigenvalue weighted by atomic mass is 16.8. The Balaban J connectivity index is 1.61. The summed E-state index contributed by atoms with van der Waals surface area (Å²) in [5, 5.41) is 12.0. The molecule has 2 aromatic rings. The lowest BCUT2D eigenvalue weighted by molar-refractivity contribution is -0.340. The maximum absolute atomic E-state index is 12.0. The zero-order valence-corrected chi connectivity index (χ0v) is 18.3. The highest BCUT2D eigenvalue weighted by Gasteiger charge is 2.52. The van der Waals surface area contributed by atoms with Gasteiger partial charge in [0.1, 0.15) is 36.7 Å². The molecule has 1 aromatic heterocycles. The summed E-state index contributed by atoms with van der Waals surface area (Å²) in [6, 6.07) is 10.1. The third-order valence-electron chi connectivity index (χ3n) is 5.44. The second-order valence-corrected chi connectivity index (χ2v) is 7.84. The molecule has 0 saturated carbocycles. The van der Waals surface area contributed by atoms with Gasteiger partial charge in [0.25, 0.3) is 0 Å². The number of carboxylic acids is 1. The monoisotopic (exact) mass is 461 g/mol. The summed E-state index contributed by atoms with van der Waals surface area (Å²) in [5.41, 5.74) is 1.07. The van der Waals surface area contributed by atoms with Gasteiger partial charge in [0.05, 0.1) is 12.9 Å². The van der Waals surface area contributed by atoms with Crippen LogP contribution in [0.4, 0.5) is 0 Å². The normalized spacial score (nSPS) is 29.2. The number of nitrogens with one attached hydrogen (secondary N) is 1. The van der Waals surface area contributed by atoms with Gasteiger partial charge in [0.15, 0.2) is 5.76 Å². The molecular formula is C23H27NO9. The van der Waals surface area contributed by atoms with E-state index >= 15 is 0 Å². The zero-order chi connectivity index (χ0) is 23.4. The Hall–Kier alpha value is -2.92. The van der Waals surface area contributed by atoms with Gasteiger partial charge in [-0.15, -0.1) is 0 Å². The third-order valence-corrected chi connectivity index (χ3v) is 5.44. The predicted octanol–water partition coefficient (Wildman–Crippen LogP) is 2.03. The molecule has 10 nitrogen and oxygen atoms in total. The van der Waals surface area contributed by atoms with E-state index in [0.29, 0.717) is 11.5 Å². The summed E-state index contributed by atoms with van der Waals surface area (Å²) < 4.78 is 35.2.